The highest BCUT2D eigenvalue weighted by atomic mass is 14.9. The van der Waals surface area contributed by atoms with E-state index in [1.54, 1.807) is 0 Å². The summed E-state index contributed by atoms with van der Waals surface area (Å²) in [5, 5.41) is 3.28. The molecule has 2 atom stereocenters. The number of rotatable bonds is 5. The van der Waals surface area contributed by atoms with Gasteiger partial charge in [-0.15, -0.1) is 0 Å². The second-order valence-corrected chi connectivity index (χ2v) is 2.89. The molecule has 0 radical (unpaired) electrons. The fourth-order valence-corrected chi connectivity index (χ4v) is 0.569. The lowest BCUT2D eigenvalue weighted by Crippen LogP contribution is -2.37. The lowest BCUT2D eigenvalue weighted by Gasteiger charge is -2.14. The molecule has 0 saturated carbocycles. The van der Waals surface area contributed by atoms with Crippen molar-refractivity contribution in [1.82, 2.24) is 5.32 Å². The minimum atomic E-state index is 0.411. The SMILES string of the molecule is CC(CN)CNC(C)CN. The van der Waals surface area contributed by atoms with Crippen LogP contribution in [0, 0.1) is 5.92 Å². The zero-order valence-electron chi connectivity index (χ0n) is 6.93. The van der Waals surface area contributed by atoms with E-state index in [2.05, 4.69) is 19.2 Å². The van der Waals surface area contributed by atoms with Crippen LogP contribution in [0.1, 0.15) is 13.8 Å². The molecule has 0 saturated heterocycles. The van der Waals surface area contributed by atoms with E-state index in [0.29, 0.717) is 18.5 Å². The molecule has 3 heteroatoms. The van der Waals surface area contributed by atoms with Crippen LogP contribution in [0.25, 0.3) is 0 Å². The molecule has 0 fully saturated rings. The Bertz CT molecular complexity index is 65.3. The van der Waals surface area contributed by atoms with Crippen molar-refractivity contribution in [3.63, 3.8) is 0 Å². The van der Waals surface area contributed by atoms with Gasteiger partial charge in [0, 0.05) is 12.6 Å². The molecule has 10 heavy (non-hydrogen) atoms. The molecular formula is C7H19N3. The van der Waals surface area contributed by atoms with E-state index in [1.807, 2.05) is 0 Å². The molecule has 0 aliphatic carbocycles. The summed E-state index contributed by atoms with van der Waals surface area (Å²) in [6.07, 6.45) is 0. The highest BCUT2D eigenvalue weighted by Crippen LogP contribution is 1.88. The smallest absolute Gasteiger partial charge is 0.0162 e. The van der Waals surface area contributed by atoms with Gasteiger partial charge in [0.25, 0.3) is 0 Å². The molecule has 5 N–H and O–H groups in total. The Morgan fingerprint density at radius 1 is 1.20 bits per heavy atom. The Morgan fingerprint density at radius 3 is 2.20 bits per heavy atom. The molecular weight excluding hydrogens is 126 g/mol. The minimum Gasteiger partial charge on any atom is -0.330 e. The molecule has 0 aliphatic rings. The summed E-state index contributed by atoms with van der Waals surface area (Å²) in [5.74, 6) is 0.550. The molecule has 0 spiro atoms. The van der Waals surface area contributed by atoms with Gasteiger partial charge in [-0.1, -0.05) is 6.92 Å². The van der Waals surface area contributed by atoms with Gasteiger partial charge in [0.05, 0.1) is 0 Å². The Labute approximate surface area is 63.2 Å². The topological polar surface area (TPSA) is 64.1 Å². The molecule has 0 amide bonds. The van der Waals surface area contributed by atoms with E-state index in [4.69, 9.17) is 11.5 Å². The second-order valence-electron chi connectivity index (χ2n) is 2.89. The summed E-state index contributed by atoms with van der Waals surface area (Å²) in [6, 6.07) is 0.411. The molecule has 0 aromatic rings. The maximum Gasteiger partial charge on any atom is 0.0162 e. The van der Waals surface area contributed by atoms with E-state index in [1.165, 1.54) is 0 Å². The van der Waals surface area contributed by atoms with Crippen molar-refractivity contribution in [2.24, 2.45) is 17.4 Å². The molecule has 0 heterocycles. The van der Waals surface area contributed by atoms with Crippen LogP contribution in [0.5, 0.6) is 0 Å². The van der Waals surface area contributed by atoms with Crippen LogP contribution >= 0.6 is 0 Å². The lowest BCUT2D eigenvalue weighted by molar-refractivity contribution is 0.471. The van der Waals surface area contributed by atoms with Crippen molar-refractivity contribution < 1.29 is 0 Å². The van der Waals surface area contributed by atoms with Crippen LogP contribution in [0.4, 0.5) is 0 Å². The molecule has 62 valence electrons. The summed E-state index contributed by atoms with van der Waals surface area (Å²) in [5.41, 5.74) is 10.8. The molecule has 0 aliphatic heterocycles. The van der Waals surface area contributed by atoms with E-state index in [0.717, 1.165) is 13.1 Å². The van der Waals surface area contributed by atoms with Gasteiger partial charge >= 0.3 is 0 Å². The maximum atomic E-state index is 5.43. The van der Waals surface area contributed by atoms with Gasteiger partial charge in [0.1, 0.15) is 0 Å². The lowest BCUT2D eigenvalue weighted by atomic mass is 10.2. The van der Waals surface area contributed by atoms with Gasteiger partial charge in [-0.05, 0) is 25.9 Å². The third kappa shape index (κ3) is 4.73. The average Bonchev–Trinajstić information content (AvgIpc) is 1.99. The van der Waals surface area contributed by atoms with E-state index < -0.39 is 0 Å². The fraction of sp³-hybridized carbons (Fsp3) is 1.00. The predicted octanol–water partition coefficient (Wildman–Crippen LogP) is -0.482. The first-order valence-electron chi connectivity index (χ1n) is 3.84. The monoisotopic (exact) mass is 145 g/mol. The second kappa shape index (κ2) is 5.65. The molecule has 0 aromatic carbocycles. The van der Waals surface area contributed by atoms with Crippen molar-refractivity contribution in [3.05, 3.63) is 0 Å². The highest BCUT2D eigenvalue weighted by molar-refractivity contribution is 4.63. The first-order valence-corrected chi connectivity index (χ1v) is 3.84. The van der Waals surface area contributed by atoms with Gasteiger partial charge in [-0.25, -0.2) is 0 Å². The van der Waals surface area contributed by atoms with Crippen molar-refractivity contribution in [1.29, 1.82) is 0 Å². The Hall–Kier alpha value is -0.120. The molecule has 0 rings (SSSR count). The van der Waals surface area contributed by atoms with Crippen molar-refractivity contribution in [3.8, 4) is 0 Å². The summed E-state index contributed by atoms with van der Waals surface area (Å²) in [4.78, 5) is 0. The van der Waals surface area contributed by atoms with Gasteiger partial charge in [0.2, 0.25) is 0 Å². The van der Waals surface area contributed by atoms with Crippen LogP contribution in [0.15, 0.2) is 0 Å². The largest absolute Gasteiger partial charge is 0.330 e. The normalized spacial score (nSPS) is 16.8. The fourth-order valence-electron chi connectivity index (χ4n) is 0.569. The van der Waals surface area contributed by atoms with Crippen LogP contribution < -0.4 is 16.8 Å². The maximum absolute atomic E-state index is 5.43. The predicted molar refractivity (Wildman–Crippen MR) is 44.7 cm³/mol. The third-order valence-electron chi connectivity index (χ3n) is 1.57. The third-order valence-corrected chi connectivity index (χ3v) is 1.57. The summed E-state index contributed by atoms with van der Waals surface area (Å²) >= 11 is 0. The van der Waals surface area contributed by atoms with Gasteiger partial charge < -0.3 is 16.8 Å². The van der Waals surface area contributed by atoms with E-state index >= 15 is 0 Å². The van der Waals surface area contributed by atoms with Crippen LogP contribution in [-0.2, 0) is 0 Å². The Kier molecular flexibility index (Phi) is 5.58. The quantitative estimate of drug-likeness (QED) is 0.489. The van der Waals surface area contributed by atoms with E-state index in [-0.39, 0.29) is 0 Å². The zero-order chi connectivity index (χ0) is 7.98. The molecule has 0 aromatic heterocycles. The van der Waals surface area contributed by atoms with Crippen LogP contribution in [0.3, 0.4) is 0 Å². The number of hydrogen-bond acceptors (Lipinski definition) is 3. The van der Waals surface area contributed by atoms with Gasteiger partial charge in [0.15, 0.2) is 0 Å². The first-order chi connectivity index (χ1) is 4.70. The van der Waals surface area contributed by atoms with Gasteiger partial charge in [-0.2, -0.15) is 0 Å². The molecule has 2 unspecified atom stereocenters. The highest BCUT2D eigenvalue weighted by Gasteiger charge is 2.00. The summed E-state index contributed by atoms with van der Waals surface area (Å²) < 4.78 is 0. The number of nitrogens with one attached hydrogen (secondary N) is 1. The number of hydrogen-bond donors (Lipinski definition) is 3. The average molecular weight is 145 g/mol. The first kappa shape index (κ1) is 9.88. The van der Waals surface area contributed by atoms with Crippen molar-refractivity contribution >= 4 is 0 Å². The number of nitrogens with two attached hydrogens (primary N) is 2. The van der Waals surface area contributed by atoms with Crippen molar-refractivity contribution in [2.75, 3.05) is 19.6 Å². The summed E-state index contributed by atoms with van der Waals surface area (Å²) in [6.45, 7) is 6.59. The standard InChI is InChI=1S/C7H19N3/c1-6(3-8)5-10-7(2)4-9/h6-7,10H,3-5,8-9H2,1-2H3. The van der Waals surface area contributed by atoms with Crippen molar-refractivity contribution in [2.45, 2.75) is 19.9 Å². The summed E-state index contributed by atoms with van der Waals surface area (Å²) in [7, 11) is 0. The van der Waals surface area contributed by atoms with Crippen LogP contribution in [-0.4, -0.2) is 25.7 Å². The zero-order valence-corrected chi connectivity index (χ0v) is 6.93. The van der Waals surface area contributed by atoms with Crippen LogP contribution in [0.2, 0.25) is 0 Å². The van der Waals surface area contributed by atoms with E-state index in [9.17, 15) is 0 Å². The Balaban J connectivity index is 3.17. The Morgan fingerprint density at radius 2 is 1.80 bits per heavy atom. The minimum absolute atomic E-state index is 0.411. The van der Waals surface area contributed by atoms with Gasteiger partial charge in [-0.3, -0.25) is 0 Å². The molecule has 3 nitrogen and oxygen atoms in total. The molecule has 0 bridgehead atoms.